The average molecular weight is 650 g/mol. The van der Waals surface area contributed by atoms with Crippen LogP contribution in [-0.2, 0) is 17.8 Å². The second-order valence-corrected chi connectivity index (χ2v) is 13.0. The van der Waals surface area contributed by atoms with Crippen LogP contribution in [0.4, 0.5) is 20.3 Å². The summed E-state index contributed by atoms with van der Waals surface area (Å²) in [6.45, 7) is 8.52. The van der Waals surface area contributed by atoms with E-state index in [-0.39, 0.29) is 29.5 Å². The van der Waals surface area contributed by atoms with Crippen LogP contribution < -0.4 is 14.5 Å². The van der Waals surface area contributed by atoms with Crippen LogP contribution in [0.2, 0.25) is 5.02 Å². The number of aromatic nitrogens is 2. The van der Waals surface area contributed by atoms with Gasteiger partial charge in [0.05, 0.1) is 35.8 Å². The highest BCUT2D eigenvalue weighted by atomic mass is 35.5. The van der Waals surface area contributed by atoms with E-state index in [0.717, 1.165) is 41.7 Å². The number of amides is 1. The van der Waals surface area contributed by atoms with Crippen LogP contribution in [0.15, 0.2) is 42.7 Å². The first kappa shape index (κ1) is 32.0. The third kappa shape index (κ3) is 6.08. The van der Waals surface area contributed by atoms with E-state index < -0.39 is 23.6 Å². The van der Waals surface area contributed by atoms with Crippen molar-refractivity contribution in [2.45, 2.75) is 57.2 Å². The van der Waals surface area contributed by atoms with Gasteiger partial charge in [0.25, 0.3) is 5.91 Å². The van der Waals surface area contributed by atoms with Crippen LogP contribution in [0.5, 0.6) is 6.01 Å². The molecule has 1 saturated heterocycles. The Hall–Kier alpha value is -4.01. The Bertz CT molecular complexity index is 1710. The number of benzene rings is 2. The third-order valence-corrected chi connectivity index (χ3v) is 10.3. The highest BCUT2D eigenvalue weighted by Crippen LogP contribution is 2.39. The molecule has 1 unspecified atom stereocenters. The summed E-state index contributed by atoms with van der Waals surface area (Å²) < 4.78 is 34.6. The third-order valence-electron chi connectivity index (χ3n) is 9.89. The summed E-state index contributed by atoms with van der Waals surface area (Å²) >= 11 is 6.49. The summed E-state index contributed by atoms with van der Waals surface area (Å²) in [5.41, 5.74) is 2.73. The van der Waals surface area contributed by atoms with Gasteiger partial charge in [-0.3, -0.25) is 9.69 Å². The second kappa shape index (κ2) is 13.0. The standard InChI is InChI=1S/C34H38ClF2N7O2/c1-22(36)32(45)44-17-16-43(20-24(44)10-14-38)31-25-11-15-42(28-7-4-6-23-8-9-26(37)30(35)29(23)28)21-27(25)39-33(40-31)46-19-18-41(3)34(2)12-5-13-34/h4,6-9,24H,1,5,10-13,15-21H2,2-3H3. The van der Waals surface area contributed by atoms with Gasteiger partial charge in [-0.15, -0.1) is 0 Å². The highest BCUT2D eigenvalue weighted by Gasteiger charge is 2.36. The van der Waals surface area contributed by atoms with Crippen molar-refractivity contribution in [2.24, 2.45) is 0 Å². The molecule has 242 valence electrons. The van der Waals surface area contributed by atoms with E-state index in [0.29, 0.717) is 50.4 Å². The van der Waals surface area contributed by atoms with Gasteiger partial charge in [-0.2, -0.15) is 15.2 Å². The van der Waals surface area contributed by atoms with E-state index in [1.165, 1.54) is 17.4 Å². The Morgan fingerprint density at radius 2 is 2.02 bits per heavy atom. The zero-order valence-corrected chi connectivity index (χ0v) is 27.0. The Morgan fingerprint density at radius 3 is 2.74 bits per heavy atom. The van der Waals surface area contributed by atoms with Gasteiger partial charge in [0, 0.05) is 54.9 Å². The van der Waals surface area contributed by atoms with Crippen molar-refractivity contribution >= 4 is 39.8 Å². The lowest BCUT2D eigenvalue weighted by atomic mass is 9.77. The summed E-state index contributed by atoms with van der Waals surface area (Å²) in [6, 6.07) is 10.7. The van der Waals surface area contributed by atoms with Crippen molar-refractivity contribution in [3.8, 4) is 12.1 Å². The smallest absolute Gasteiger partial charge is 0.318 e. The first-order chi connectivity index (χ1) is 22.1. The van der Waals surface area contributed by atoms with E-state index in [1.807, 2.05) is 23.1 Å². The van der Waals surface area contributed by atoms with Crippen molar-refractivity contribution in [1.82, 2.24) is 19.8 Å². The van der Waals surface area contributed by atoms with Crippen LogP contribution >= 0.6 is 11.6 Å². The normalized spacial score (nSPS) is 19.1. The molecule has 0 bridgehead atoms. The van der Waals surface area contributed by atoms with Crippen molar-refractivity contribution in [1.29, 1.82) is 5.26 Å². The molecule has 1 aromatic heterocycles. The molecular formula is C34H38ClF2N7O2. The molecule has 1 aliphatic carbocycles. The predicted molar refractivity (Wildman–Crippen MR) is 174 cm³/mol. The minimum Gasteiger partial charge on any atom is -0.462 e. The Kier molecular flexibility index (Phi) is 9.03. The maximum Gasteiger partial charge on any atom is 0.318 e. The molecule has 3 aliphatic rings. The lowest BCUT2D eigenvalue weighted by Gasteiger charge is -2.46. The maximum absolute atomic E-state index is 14.6. The lowest BCUT2D eigenvalue weighted by molar-refractivity contribution is -0.131. The second-order valence-electron chi connectivity index (χ2n) is 12.6. The number of nitriles is 1. The number of carbonyl (C=O) groups excluding carboxylic acids is 1. The van der Waals surface area contributed by atoms with Crippen molar-refractivity contribution in [2.75, 3.05) is 56.2 Å². The zero-order valence-electron chi connectivity index (χ0n) is 26.2. The lowest BCUT2D eigenvalue weighted by Crippen LogP contribution is -2.55. The van der Waals surface area contributed by atoms with E-state index >= 15 is 0 Å². The summed E-state index contributed by atoms with van der Waals surface area (Å²) in [4.78, 5) is 30.2. The zero-order chi connectivity index (χ0) is 32.6. The van der Waals surface area contributed by atoms with Gasteiger partial charge in [0.2, 0.25) is 0 Å². The SMILES string of the molecule is C=C(F)C(=O)N1CCN(c2nc(OCCN(C)C3(C)CCC3)nc3c2CCN(c2cccc4ccc(F)c(Cl)c24)C3)CC1CC#N. The fourth-order valence-corrected chi connectivity index (χ4v) is 7.11. The quantitative estimate of drug-likeness (QED) is 0.275. The molecule has 12 heteroatoms. The molecule has 2 fully saturated rings. The molecule has 1 atom stereocenters. The number of piperazine rings is 1. The van der Waals surface area contributed by atoms with Crippen molar-refractivity contribution in [3.05, 3.63) is 64.8 Å². The van der Waals surface area contributed by atoms with Gasteiger partial charge < -0.3 is 19.4 Å². The molecule has 0 N–H and O–H groups in total. The summed E-state index contributed by atoms with van der Waals surface area (Å²) in [7, 11) is 2.11. The number of hydrogen-bond acceptors (Lipinski definition) is 8. The van der Waals surface area contributed by atoms with Crippen LogP contribution in [0, 0.1) is 17.1 Å². The number of anilines is 2. The maximum atomic E-state index is 14.6. The number of rotatable bonds is 9. The summed E-state index contributed by atoms with van der Waals surface area (Å²) in [5.74, 6) is -1.62. The molecule has 2 aliphatic heterocycles. The van der Waals surface area contributed by atoms with Crippen molar-refractivity contribution in [3.63, 3.8) is 0 Å². The largest absolute Gasteiger partial charge is 0.462 e. The first-order valence-corrected chi connectivity index (χ1v) is 16.1. The summed E-state index contributed by atoms with van der Waals surface area (Å²) in [5, 5.41) is 11.1. The van der Waals surface area contributed by atoms with Gasteiger partial charge in [0.15, 0.2) is 5.83 Å². The number of nitrogens with zero attached hydrogens (tertiary/aromatic N) is 7. The molecule has 6 rings (SSSR count). The van der Waals surface area contributed by atoms with E-state index in [4.69, 9.17) is 26.3 Å². The number of carbonyl (C=O) groups is 1. The van der Waals surface area contributed by atoms with Crippen LogP contribution in [0.1, 0.15) is 43.9 Å². The van der Waals surface area contributed by atoms with Gasteiger partial charge in [-0.1, -0.05) is 36.4 Å². The Balaban J connectivity index is 1.32. The predicted octanol–water partition coefficient (Wildman–Crippen LogP) is 5.65. The number of ether oxygens (including phenoxy) is 1. The monoisotopic (exact) mass is 649 g/mol. The highest BCUT2D eigenvalue weighted by molar-refractivity contribution is 6.36. The Morgan fingerprint density at radius 1 is 1.22 bits per heavy atom. The fraction of sp³-hybridized carbons (Fsp3) is 0.471. The van der Waals surface area contributed by atoms with E-state index in [9.17, 15) is 18.8 Å². The first-order valence-electron chi connectivity index (χ1n) is 15.7. The number of likely N-dealkylation sites (N-methyl/N-ethyl adjacent to an activating group) is 1. The van der Waals surface area contributed by atoms with E-state index in [2.05, 4.69) is 36.4 Å². The number of hydrogen-bond donors (Lipinski definition) is 0. The van der Waals surface area contributed by atoms with Gasteiger partial charge in [-0.05, 0) is 57.2 Å². The molecule has 9 nitrogen and oxygen atoms in total. The molecule has 0 spiro atoms. The molecule has 3 aromatic rings. The van der Waals surface area contributed by atoms with Crippen LogP contribution in [0.3, 0.4) is 0 Å². The van der Waals surface area contributed by atoms with Gasteiger partial charge in [-0.25, -0.2) is 8.78 Å². The number of halogens is 3. The molecular weight excluding hydrogens is 612 g/mol. The van der Waals surface area contributed by atoms with Gasteiger partial charge >= 0.3 is 6.01 Å². The molecule has 1 saturated carbocycles. The fourth-order valence-electron chi connectivity index (χ4n) is 6.84. The molecule has 2 aromatic carbocycles. The minimum absolute atomic E-state index is 0.0451. The van der Waals surface area contributed by atoms with Gasteiger partial charge in [0.1, 0.15) is 18.2 Å². The minimum atomic E-state index is -1.04. The molecule has 1 amide bonds. The van der Waals surface area contributed by atoms with Crippen LogP contribution in [0.25, 0.3) is 10.8 Å². The van der Waals surface area contributed by atoms with Crippen molar-refractivity contribution < 1.29 is 18.3 Å². The molecule has 0 radical (unpaired) electrons. The van der Waals surface area contributed by atoms with E-state index in [1.54, 1.807) is 6.07 Å². The van der Waals surface area contributed by atoms with Crippen LogP contribution in [-0.4, -0.2) is 83.6 Å². The summed E-state index contributed by atoms with van der Waals surface area (Å²) in [6.07, 6.45) is 4.20. The Labute approximate surface area is 273 Å². The average Bonchev–Trinajstić information content (AvgIpc) is 3.04. The topological polar surface area (TPSA) is 88.8 Å². The number of fused-ring (bicyclic) bond motifs is 2. The molecule has 3 heterocycles. The molecule has 46 heavy (non-hydrogen) atoms.